The van der Waals surface area contributed by atoms with Gasteiger partial charge >= 0.3 is 19.8 Å². The molecule has 0 aromatic carbocycles. The van der Waals surface area contributed by atoms with Gasteiger partial charge in [0.2, 0.25) is 0 Å². The van der Waals surface area contributed by atoms with Crippen LogP contribution in [0.2, 0.25) is 0 Å². The normalized spacial score (nSPS) is 23.4. The van der Waals surface area contributed by atoms with E-state index in [1.54, 1.807) is 0 Å². The molecule has 0 saturated heterocycles. The van der Waals surface area contributed by atoms with Crippen molar-refractivity contribution in [3.05, 3.63) is 0 Å². The molecule has 53 heavy (non-hydrogen) atoms. The van der Waals surface area contributed by atoms with Gasteiger partial charge < -0.3 is 39.9 Å². The molecule has 1 fully saturated rings. The number of phosphoric ester groups is 1. The van der Waals surface area contributed by atoms with Gasteiger partial charge in [-0.3, -0.25) is 18.6 Å². The second-order valence-corrected chi connectivity index (χ2v) is 16.3. The summed E-state index contributed by atoms with van der Waals surface area (Å²) < 4.78 is 31.8. The van der Waals surface area contributed by atoms with Crippen molar-refractivity contribution < 1.29 is 63.1 Å². The van der Waals surface area contributed by atoms with Crippen LogP contribution in [0.4, 0.5) is 0 Å². The fraction of sp³-hybridized carbons (Fsp3) is 0.949. The average Bonchev–Trinajstić information content (AvgIpc) is 3.12. The molecule has 1 saturated carbocycles. The van der Waals surface area contributed by atoms with E-state index < -0.39 is 75.7 Å². The van der Waals surface area contributed by atoms with E-state index in [2.05, 4.69) is 6.92 Å². The van der Waals surface area contributed by atoms with E-state index in [0.717, 1.165) is 26.2 Å². The number of carbonyl (C=O) groups excluding carboxylic acids is 2. The molecule has 0 aromatic heterocycles. The number of carbonyl (C=O) groups is 2. The first kappa shape index (κ1) is 49.9. The second kappa shape index (κ2) is 31.0. The Hall–Kier alpha value is -1.15. The Kier molecular flexibility index (Phi) is 29.2. The molecule has 14 heteroatoms. The zero-order valence-corrected chi connectivity index (χ0v) is 33.7. The Morgan fingerprint density at radius 2 is 0.925 bits per heavy atom. The van der Waals surface area contributed by atoms with Crippen LogP contribution >= 0.6 is 7.82 Å². The van der Waals surface area contributed by atoms with Gasteiger partial charge in [0.1, 0.15) is 43.2 Å². The Balaban J connectivity index is 1.97. The molecule has 5 unspecified atom stereocenters. The highest BCUT2D eigenvalue weighted by atomic mass is 31.2. The molecule has 0 bridgehead atoms. The average molecular weight is 783 g/mol. The quantitative estimate of drug-likeness (QED) is 0.0222. The molecule has 0 heterocycles. The number of aliphatic hydroxyl groups excluding tert-OH is 5. The Bertz CT molecular complexity index is 970. The topological polar surface area (TPSA) is 210 Å². The van der Waals surface area contributed by atoms with Crippen LogP contribution in [0.5, 0.6) is 0 Å². The summed E-state index contributed by atoms with van der Waals surface area (Å²) >= 11 is 0. The van der Waals surface area contributed by atoms with Crippen molar-refractivity contribution in [3.8, 4) is 0 Å². The summed E-state index contributed by atoms with van der Waals surface area (Å²) in [5, 5.41) is 50.2. The lowest BCUT2D eigenvalue weighted by atomic mass is 9.85. The maximum absolute atomic E-state index is 12.4. The molecule has 13 nitrogen and oxygen atoms in total. The minimum atomic E-state index is -5.06. The molecular formula is C39H75O13P. The van der Waals surface area contributed by atoms with E-state index >= 15 is 0 Å². The summed E-state index contributed by atoms with van der Waals surface area (Å²) in [7, 11) is -5.06. The van der Waals surface area contributed by atoms with Crippen LogP contribution in [-0.4, -0.2) is 98.3 Å². The highest BCUT2D eigenvalue weighted by Crippen LogP contribution is 2.47. The van der Waals surface area contributed by atoms with Gasteiger partial charge in [0.25, 0.3) is 0 Å². The van der Waals surface area contributed by atoms with Gasteiger partial charge in [-0.25, -0.2) is 4.57 Å². The summed E-state index contributed by atoms with van der Waals surface area (Å²) in [6.45, 7) is 1.94. The fourth-order valence-corrected chi connectivity index (χ4v) is 7.69. The summed E-state index contributed by atoms with van der Waals surface area (Å²) in [5.41, 5.74) is 0. The molecule has 1 rings (SSSR count). The number of hydrogen-bond acceptors (Lipinski definition) is 12. The number of rotatable bonds is 34. The minimum absolute atomic E-state index is 0.183. The van der Waals surface area contributed by atoms with Crippen LogP contribution < -0.4 is 0 Å². The molecular weight excluding hydrogens is 707 g/mol. The van der Waals surface area contributed by atoms with Crippen LogP contribution in [0.25, 0.3) is 0 Å². The first-order valence-corrected chi connectivity index (χ1v) is 22.3. The molecule has 0 aliphatic heterocycles. The first-order chi connectivity index (χ1) is 25.4. The SMILES string of the molecule is CCCCCCCCCCCCCCCCCCCCCCCCCCCC(=O)OC[C@H](O)COP(=O)(O)OC1C(OC(C)=O)C(O)[C@@H](O)C(O)[C@H]1O. The molecule has 8 atom stereocenters. The van der Waals surface area contributed by atoms with Crippen molar-refractivity contribution in [3.63, 3.8) is 0 Å². The number of esters is 2. The number of aliphatic hydroxyl groups is 5. The summed E-state index contributed by atoms with van der Waals surface area (Å²) in [6, 6.07) is 0. The maximum Gasteiger partial charge on any atom is 0.472 e. The molecule has 0 radical (unpaired) electrons. The standard InChI is InChI=1S/C39H75O13P/c1-3-4-5-6-7-8-9-10-11-12-13-14-15-16-17-18-19-20-21-22-23-24-25-26-27-28-33(42)49-29-32(41)30-50-53(47,48)52-39-37(46)35(44)34(43)36(45)38(39)51-31(2)40/h32,34-39,41,43-46H,3-30H2,1-2H3,(H,47,48)/t32-,34-,35?,36?,37+,38?,39?/m0/s1. The monoisotopic (exact) mass is 782 g/mol. The van der Waals surface area contributed by atoms with Gasteiger partial charge in [-0.1, -0.05) is 161 Å². The molecule has 1 aliphatic rings. The minimum Gasteiger partial charge on any atom is -0.463 e. The predicted molar refractivity (Wildman–Crippen MR) is 203 cm³/mol. The van der Waals surface area contributed by atoms with Crippen molar-refractivity contribution in [2.24, 2.45) is 0 Å². The van der Waals surface area contributed by atoms with Gasteiger partial charge in [0.05, 0.1) is 6.61 Å². The third-order valence-corrected chi connectivity index (χ3v) is 10.9. The van der Waals surface area contributed by atoms with Gasteiger partial charge in [-0.2, -0.15) is 0 Å². The molecule has 6 N–H and O–H groups in total. The van der Waals surface area contributed by atoms with Crippen LogP contribution in [0.1, 0.15) is 181 Å². The maximum atomic E-state index is 12.4. The third kappa shape index (κ3) is 24.9. The lowest BCUT2D eigenvalue weighted by molar-refractivity contribution is -0.230. The molecule has 0 amide bonds. The van der Waals surface area contributed by atoms with Crippen LogP contribution in [-0.2, 0) is 32.7 Å². The van der Waals surface area contributed by atoms with E-state index in [4.69, 9.17) is 18.5 Å². The number of phosphoric acid groups is 1. The van der Waals surface area contributed by atoms with E-state index in [0.29, 0.717) is 6.42 Å². The van der Waals surface area contributed by atoms with E-state index in [1.165, 1.54) is 135 Å². The van der Waals surface area contributed by atoms with Crippen molar-refractivity contribution in [2.75, 3.05) is 13.2 Å². The molecule has 1 aliphatic carbocycles. The van der Waals surface area contributed by atoms with Crippen molar-refractivity contribution in [1.82, 2.24) is 0 Å². The Labute approximate surface area is 319 Å². The smallest absolute Gasteiger partial charge is 0.463 e. The van der Waals surface area contributed by atoms with Crippen LogP contribution in [0.15, 0.2) is 0 Å². The Morgan fingerprint density at radius 3 is 1.30 bits per heavy atom. The van der Waals surface area contributed by atoms with Crippen molar-refractivity contribution in [1.29, 1.82) is 0 Å². The van der Waals surface area contributed by atoms with Crippen LogP contribution in [0, 0.1) is 0 Å². The second-order valence-electron chi connectivity index (χ2n) is 14.9. The third-order valence-electron chi connectivity index (χ3n) is 9.95. The fourth-order valence-electron chi connectivity index (χ4n) is 6.71. The molecule has 0 spiro atoms. The number of hydrogen-bond donors (Lipinski definition) is 6. The number of unbranched alkanes of at least 4 members (excludes halogenated alkanes) is 24. The first-order valence-electron chi connectivity index (χ1n) is 20.8. The van der Waals surface area contributed by atoms with Gasteiger partial charge in [0.15, 0.2) is 6.10 Å². The van der Waals surface area contributed by atoms with E-state index in [9.17, 15) is 44.6 Å². The van der Waals surface area contributed by atoms with Gasteiger partial charge in [0, 0.05) is 13.3 Å². The molecule has 0 aromatic rings. The van der Waals surface area contributed by atoms with E-state index in [1.807, 2.05) is 0 Å². The zero-order chi connectivity index (χ0) is 39.3. The van der Waals surface area contributed by atoms with Crippen molar-refractivity contribution in [2.45, 2.75) is 224 Å². The largest absolute Gasteiger partial charge is 0.472 e. The van der Waals surface area contributed by atoms with Gasteiger partial charge in [-0.05, 0) is 6.42 Å². The van der Waals surface area contributed by atoms with Gasteiger partial charge in [-0.15, -0.1) is 0 Å². The predicted octanol–water partition coefficient (Wildman–Crippen LogP) is 6.94. The summed E-state index contributed by atoms with van der Waals surface area (Å²) in [5.74, 6) is -1.47. The molecule has 314 valence electrons. The Morgan fingerprint density at radius 1 is 0.566 bits per heavy atom. The lowest BCUT2D eigenvalue weighted by Crippen LogP contribution is -2.65. The van der Waals surface area contributed by atoms with Crippen LogP contribution in [0.3, 0.4) is 0 Å². The summed E-state index contributed by atoms with van der Waals surface area (Å²) in [6.07, 6.45) is 19.6. The van der Waals surface area contributed by atoms with E-state index in [-0.39, 0.29) is 6.42 Å². The number of ether oxygens (including phenoxy) is 2. The highest BCUT2D eigenvalue weighted by Gasteiger charge is 2.53. The van der Waals surface area contributed by atoms with Crippen molar-refractivity contribution >= 4 is 19.8 Å². The highest BCUT2D eigenvalue weighted by molar-refractivity contribution is 7.47. The summed E-state index contributed by atoms with van der Waals surface area (Å²) in [4.78, 5) is 33.5. The lowest BCUT2D eigenvalue weighted by Gasteiger charge is -2.43. The zero-order valence-electron chi connectivity index (χ0n) is 32.8.